The van der Waals surface area contributed by atoms with Crippen LogP contribution >= 0.6 is 0 Å². The molecule has 2 nitrogen and oxygen atoms in total. The van der Waals surface area contributed by atoms with Gasteiger partial charge in [0.15, 0.2) is 0 Å². The summed E-state index contributed by atoms with van der Waals surface area (Å²) in [5.41, 5.74) is 5.52. The quantitative estimate of drug-likeness (QED) is 0.905. The van der Waals surface area contributed by atoms with Crippen LogP contribution in [-0.2, 0) is 6.42 Å². The monoisotopic (exact) mass is 252 g/mol. The van der Waals surface area contributed by atoms with Crippen LogP contribution in [0.15, 0.2) is 42.6 Å². The first kappa shape index (κ1) is 12.4. The molecule has 2 aromatic rings. The molecule has 2 heteroatoms. The molecule has 0 aliphatic heterocycles. The SMILES string of the molecule is CNC(C)c1ccccc1C1CCc2cccnc21. The van der Waals surface area contributed by atoms with E-state index in [9.17, 15) is 0 Å². The maximum Gasteiger partial charge on any atom is 0.0510 e. The van der Waals surface area contributed by atoms with Gasteiger partial charge in [-0.15, -0.1) is 0 Å². The van der Waals surface area contributed by atoms with Crippen LogP contribution in [0.3, 0.4) is 0 Å². The summed E-state index contributed by atoms with van der Waals surface area (Å²) in [4.78, 5) is 4.62. The van der Waals surface area contributed by atoms with Crippen LogP contribution in [-0.4, -0.2) is 12.0 Å². The van der Waals surface area contributed by atoms with E-state index in [2.05, 4.69) is 47.6 Å². The predicted octanol–water partition coefficient (Wildman–Crippen LogP) is 3.44. The Balaban J connectivity index is 2.05. The lowest BCUT2D eigenvalue weighted by molar-refractivity contribution is 0.633. The first-order valence-electron chi connectivity index (χ1n) is 7.01. The standard InChI is InChI=1S/C17H20N2/c1-12(18-2)14-7-3-4-8-15(14)16-10-9-13-6-5-11-19-17(13)16/h3-8,11-12,16,18H,9-10H2,1-2H3. The Kier molecular flexibility index (Phi) is 3.34. The fourth-order valence-electron chi connectivity index (χ4n) is 3.09. The highest BCUT2D eigenvalue weighted by molar-refractivity contribution is 5.42. The zero-order valence-electron chi connectivity index (χ0n) is 11.6. The third kappa shape index (κ3) is 2.17. The van der Waals surface area contributed by atoms with Gasteiger partial charge in [0, 0.05) is 18.2 Å². The van der Waals surface area contributed by atoms with E-state index in [-0.39, 0.29) is 0 Å². The summed E-state index contributed by atoms with van der Waals surface area (Å²) in [6.07, 6.45) is 4.25. The van der Waals surface area contributed by atoms with Crippen molar-refractivity contribution in [2.45, 2.75) is 31.7 Å². The summed E-state index contributed by atoms with van der Waals surface area (Å²) in [5, 5.41) is 3.35. The molecule has 1 aromatic carbocycles. The minimum atomic E-state index is 0.379. The number of aryl methyl sites for hydroxylation is 1. The Labute approximate surface area is 114 Å². The van der Waals surface area contributed by atoms with Crippen LogP contribution in [0.5, 0.6) is 0 Å². The molecule has 2 atom stereocenters. The second kappa shape index (κ2) is 5.14. The molecular formula is C17H20N2. The fourth-order valence-corrected chi connectivity index (χ4v) is 3.09. The molecule has 0 saturated heterocycles. The Hall–Kier alpha value is -1.67. The van der Waals surface area contributed by atoms with Crippen molar-refractivity contribution in [1.29, 1.82) is 0 Å². The Morgan fingerprint density at radius 1 is 1.21 bits per heavy atom. The van der Waals surface area contributed by atoms with Gasteiger partial charge in [0.2, 0.25) is 0 Å². The summed E-state index contributed by atoms with van der Waals surface area (Å²) in [5.74, 6) is 0.461. The average Bonchev–Trinajstić information content (AvgIpc) is 2.90. The summed E-state index contributed by atoms with van der Waals surface area (Å²) < 4.78 is 0. The largest absolute Gasteiger partial charge is 0.313 e. The van der Waals surface area contributed by atoms with Crippen LogP contribution in [0.25, 0.3) is 0 Å². The molecule has 1 N–H and O–H groups in total. The van der Waals surface area contributed by atoms with E-state index in [0.717, 1.165) is 6.42 Å². The number of rotatable bonds is 3. The zero-order valence-corrected chi connectivity index (χ0v) is 11.6. The first-order chi connectivity index (χ1) is 9.31. The van der Waals surface area contributed by atoms with Crippen molar-refractivity contribution < 1.29 is 0 Å². The molecule has 1 heterocycles. The maximum atomic E-state index is 4.62. The number of fused-ring (bicyclic) bond motifs is 1. The van der Waals surface area contributed by atoms with Crippen LogP contribution in [0.2, 0.25) is 0 Å². The van der Waals surface area contributed by atoms with Crippen molar-refractivity contribution in [1.82, 2.24) is 10.3 Å². The molecule has 1 aliphatic rings. The topological polar surface area (TPSA) is 24.9 Å². The number of pyridine rings is 1. The van der Waals surface area contributed by atoms with E-state index in [0.29, 0.717) is 12.0 Å². The number of nitrogens with one attached hydrogen (secondary N) is 1. The predicted molar refractivity (Wildman–Crippen MR) is 78.3 cm³/mol. The molecule has 98 valence electrons. The Morgan fingerprint density at radius 3 is 2.89 bits per heavy atom. The van der Waals surface area contributed by atoms with Gasteiger partial charge in [0.05, 0.1) is 5.69 Å². The van der Waals surface area contributed by atoms with Crippen molar-refractivity contribution in [3.05, 3.63) is 65.0 Å². The van der Waals surface area contributed by atoms with Crippen LogP contribution < -0.4 is 5.32 Å². The van der Waals surface area contributed by atoms with Crippen molar-refractivity contribution >= 4 is 0 Å². The molecule has 1 aromatic heterocycles. The molecule has 0 radical (unpaired) electrons. The van der Waals surface area contributed by atoms with Gasteiger partial charge in [-0.3, -0.25) is 4.98 Å². The highest BCUT2D eigenvalue weighted by Crippen LogP contribution is 2.39. The second-order valence-corrected chi connectivity index (χ2v) is 5.28. The summed E-state index contributed by atoms with van der Waals surface area (Å²) in [7, 11) is 2.02. The average molecular weight is 252 g/mol. The maximum absolute atomic E-state index is 4.62. The molecule has 19 heavy (non-hydrogen) atoms. The molecule has 3 rings (SSSR count). The minimum absolute atomic E-state index is 0.379. The van der Waals surface area contributed by atoms with Gasteiger partial charge in [0.1, 0.15) is 0 Å². The van der Waals surface area contributed by atoms with Gasteiger partial charge < -0.3 is 5.32 Å². The lowest BCUT2D eigenvalue weighted by atomic mass is 9.89. The lowest BCUT2D eigenvalue weighted by Gasteiger charge is -2.20. The lowest BCUT2D eigenvalue weighted by Crippen LogP contribution is -2.15. The zero-order chi connectivity index (χ0) is 13.2. The highest BCUT2D eigenvalue weighted by Gasteiger charge is 2.27. The van der Waals surface area contributed by atoms with Crippen LogP contribution in [0, 0.1) is 0 Å². The second-order valence-electron chi connectivity index (χ2n) is 5.28. The number of nitrogens with zero attached hydrogens (tertiary/aromatic N) is 1. The number of hydrogen-bond donors (Lipinski definition) is 1. The van der Waals surface area contributed by atoms with E-state index in [1.807, 2.05) is 19.3 Å². The third-order valence-corrected chi connectivity index (χ3v) is 4.23. The van der Waals surface area contributed by atoms with Gasteiger partial charge in [-0.05, 0) is 49.6 Å². The summed E-state index contributed by atoms with van der Waals surface area (Å²) >= 11 is 0. The Morgan fingerprint density at radius 2 is 2.05 bits per heavy atom. The summed E-state index contributed by atoms with van der Waals surface area (Å²) in [6.45, 7) is 2.22. The van der Waals surface area contributed by atoms with Gasteiger partial charge in [-0.25, -0.2) is 0 Å². The van der Waals surface area contributed by atoms with Gasteiger partial charge in [0.25, 0.3) is 0 Å². The molecule has 0 spiro atoms. The van der Waals surface area contributed by atoms with Crippen LogP contribution in [0.1, 0.15) is 47.7 Å². The molecule has 2 unspecified atom stereocenters. The first-order valence-corrected chi connectivity index (χ1v) is 7.01. The van der Waals surface area contributed by atoms with Crippen LogP contribution in [0.4, 0.5) is 0 Å². The third-order valence-electron chi connectivity index (χ3n) is 4.23. The molecule has 0 saturated carbocycles. The number of hydrogen-bond acceptors (Lipinski definition) is 2. The smallest absolute Gasteiger partial charge is 0.0510 e. The summed E-state index contributed by atoms with van der Waals surface area (Å²) in [6, 6.07) is 13.4. The molecule has 0 fully saturated rings. The molecule has 0 bridgehead atoms. The minimum Gasteiger partial charge on any atom is -0.313 e. The molecule has 0 amide bonds. The van der Waals surface area contributed by atoms with E-state index < -0.39 is 0 Å². The van der Waals surface area contributed by atoms with E-state index >= 15 is 0 Å². The Bertz CT molecular complexity index is 577. The van der Waals surface area contributed by atoms with Crippen molar-refractivity contribution in [2.24, 2.45) is 0 Å². The van der Waals surface area contributed by atoms with E-state index in [1.165, 1.54) is 28.8 Å². The van der Waals surface area contributed by atoms with Gasteiger partial charge in [-0.2, -0.15) is 0 Å². The van der Waals surface area contributed by atoms with E-state index in [4.69, 9.17) is 0 Å². The fraction of sp³-hybridized carbons (Fsp3) is 0.353. The van der Waals surface area contributed by atoms with Gasteiger partial charge in [-0.1, -0.05) is 30.3 Å². The van der Waals surface area contributed by atoms with Crippen molar-refractivity contribution in [2.75, 3.05) is 7.05 Å². The van der Waals surface area contributed by atoms with Gasteiger partial charge >= 0.3 is 0 Å². The number of benzene rings is 1. The molecule has 1 aliphatic carbocycles. The number of aromatic nitrogens is 1. The normalized spacial score (nSPS) is 19.2. The van der Waals surface area contributed by atoms with Crippen molar-refractivity contribution in [3.8, 4) is 0 Å². The van der Waals surface area contributed by atoms with E-state index in [1.54, 1.807) is 0 Å². The molecular weight excluding hydrogens is 232 g/mol. The van der Waals surface area contributed by atoms with Crippen molar-refractivity contribution in [3.63, 3.8) is 0 Å². The highest BCUT2D eigenvalue weighted by atomic mass is 14.9.